The van der Waals surface area contributed by atoms with Crippen LogP contribution < -0.4 is 21.5 Å². The molecule has 3 N–H and O–H groups in total. The first-order chi connectivity index (χ1) is 16.0. The lowest BCUT2D eigenvalue weighted by molar-refractivity contribution is -0.116. The standard InChI is InChI=1S/C24H25N7O2/c1-3-25-21-14-22(28-16(2)27-21)29-17-8-10-18(11-9-17)30-23(32)12-13-31-15-26-20-7-5-4-6-19(20)24(31)33/h4-11,14-15H,3,12-13H2,1-2H3,(H,30,32)(H2,25,27,28,29). The van der Waals surface area contributed by atoms with E-state index in [1.807, 2.05) is 50.2 Å². The number of fused-ring (bicyclic) bond motifs is 1. The molecule has 0 atom stereocenters. The molecule has 1 amide bonds. The van der Waals surface area contributed by atoms with Gasteiger partial charge in [-0.1, -0.05) is 12.1 Å². The molecule has 2 aromatic heterocycles. The van der Waals surface area contributed by atoms with Crippen LogP contribution in [-0.2, 0) is 11.3 Å². The number of hydrogen-bond donors (Lipinski definition) is 3. The normalized spacial score (nSPS) is 10.7. The summed E-state index contributed by atoms with van der Waals surface area (Å²) < 4.78 is 1.46. The van der Waals surface area contributed by atoms with Crippen LogP contribution in [0.3, 0.4) is 0 Å². The van der Waals surface area contributed by atoms with Gasteiger partial charge in [-0.2, -0.15) is 0 Å². The smallest absolute Gasteiger partial charge is 0.261 e. The maximum atomic E-state index is 12.5. The fourth-order valence-corrected chi connectivity index (χ4v) is 3.40. The SMILES string of the molecule is CCNc1cc(Nc2ccc(NC(=O)CCn3cnc4ccccc4c3=O)cc2)nc(C)n1. The van der Waals surface area contributed by atoms with Crippen molar-refractivity contribution in [2.45, 2.75) is 26.8 Å². The molecule has 0 spiro atoms. The minimum atomic E-state index is -0.183. The van der Waals surface area contributed by atoms with Crippen molar-refractivity contribution in [3.8, 4) is 0 Å². The van der Waals surface area contributed by atoms with E-state index in [-0.39, 0.29) is 24.4 Å². The Labute approximate surface area is 190 Å². The van der Waals surface area contributed by atoms with Gasteiger partial charge >= 0.3 is 0 Å². The molecule has 0 bridgehead atoms. The van der Waals surface area contributed by atoms with Crippen LogP contribution in [-0.4, -0.2) is 32.0 Å². The summed E-state index contributed by atoms with van der Waals surface area (Å²) in [5, 5.41) is 9.82. The van der Waals surface area contributed by atoms with Crippen LogP contribution in [0, 0.1) is 6.92 Å². The number of aryl methyl sites for hydroxylation is 2. The Hall–Kier alpha value is -4.27. The minimum Gasteiger partial charge on any atom is -0.370 e. The molecule has 2 heterocycles. The van der Waals surface area contributed by atoms with Gasteiger partial charge in [-0.25, -0.2) is 15.0 Å². The Bertz CT molecular complexity index is 1330. The van der Waals surface area contributed by atoms with Crippen molar-refractivity contribution in [1.29, 1.82) is 0 Å². The summed E-state index contributed by atoms with van der Waals surface area (Å²) in [6.07, 6.45) is 1.64. The van der Waals surface area contributed by atoms with E-state index in [4.69, 9.17) is 0 Å². The van der Waals surface area contributed by atoms with Crippen LogP contribution in [0.1, 0.15) is 19.2 Å². The largest absolute Gasteiger partial charge is 0.370 e. The molecule has 168 valence electrons. The molecule has 9 nitrogen and oxygen atoms in total. The van der Waals surface area contributed by atoms with E-state index in [0.717, 1.165) is 18.1 Å². The van der Waals surface area contributed by atoms with Crippen LogP contribution in [0.15, 0.2) is 65.7 Å². The number of amides is 1. The van der Waals surface area contributed by atoms with Crippen molar-refractivity contribution in [2.24, 2.45) is 0 Å². The lowest BCUT2D eigenvalue weighted by Gasteiger charge is -2.11. The van der Waals surface area contributed by atoms with Gasteiger partial charge in [-0.3, -0.25) is 14.2 Å². The fraction of sp³-hybridized carbons (Fsp3) is 0.208. The number of nitrogens with zero attached hydrogens (tertiary/aromatic N) is 4. The lowest BCUT2D eigenvalue weighted by Crippen LogP contribution is -2.23. The fourth-order valence-electron chi connectivity index (χ4n) is 3.40. The lowest BCUT2D eigenvalue weighted by atomic mass is 10.2. The molecule has 0 radical (unpaired) electrons. The zero-order chi connectivity index (χ0) is 23.2. The molecular formula is C24H25N7O2. The number of rotatable bonds is 8. The van der Waals surface area contributed by atoms with Crippen LogP contribution >= 0.6 is 0 Å². The van der Waals surface area contributed by atoms with Gasteiger partial charge in [-0.05, 0) is 50.2 Å². The summed E-state index contributed by atoms with van der Waals surface area (Å²) in [7, 11) is 0. The maximum Gasteiger partial charge on any atom is 0.261 e. The van der Waals surface area contributed by atoms with Gasteiger partial charge in [0.15, 0.2) is 0 Å². The average molecular weight is 444 g/mol. The van der Waals surface area contributed by atoms with Crippen molar-refractivity contribution < 1.29 is 4.79 Å². The number of aromatic nitrogens is 4. The molecule has 0 saturated carbocycles. The van der Waals surface area contributed by atoms with Crippen LogP contribution in [0.2, 0.25) is 0 Å². The summed E-state index contributed by atoms with van der Waals surface area (Å²) in [6.45, 7) is 4.88. The van der Waals surface area contributed by atoms with Crippen molar-refractivity contribution in [1.82, 2.24) is 19.5 Å². The Morgan fingerprint density at radius 1 is 1.00 bits per heavy atom. The number of nitrogens with one attached hydrogen (secondary N) is 3. The first-order valence-electron chi connectivity index (χ1n) is 10.7. The van der Waals surface area contributed by atoms with E-state index < -0.39 is 0 Å². The van der Waals surface area contributed by atoms with Gasteiger partial charge in [0.2, 0.25) is 5.91 Å². The summed E-state index contributed by atoms with van der Waals surface area (Å²) in [5.74, 6) is 1.93. The van der Waals surface area contributed by atoms with Gasteiger partial charge in [-0.15, -0.1) is 0 Å². The molecule has 0 fully saturated rings. The summed E-state index contributed by atoms with van der Waals surface area (Å²) >= 11 is 0. The van der Waals surface area contributed by atoms with E-state index >= 15 is 0 Å². The monoisotopic (exact) mass is 443 g/mol. The summed E-state index contributed by atoms with van der Waals surface area (Å²) in [6, 6.07) is 16.3. The van der Waals surface area contributed by atoms with Gasteiger partial charge in [0.05, 0.1) is 17.2 Å². The second-order valence-electron chi connectivity index (χ2n) is 7.48. The van der Waals surface area contributed by atoms with Crippen LogP contribution in [0.5, 0.6) is 0 Å². The molecule has 9 heteroatoms. The molecule has 33 heavy (non-hydrogen) atoms. The van der Waals surface area contributed by atoms with E-state index in [1.54, 1.807) is 18.2 Å². The highest BCUT2D eigenvalue weighted by molar-refractivity contribution is 5.90. The number of anilines is 4. The predicted molar refractivity (Wildman–Crippen MR) is 130 cm³/mol. The number of benzene rings is 2. The van der Waals surface area contributed by atoms with E-state index in [1.165, 1.54) is 10.9 Å². The number of hydrogen-bond acceptors (Lipinski definition) is 7. The van der Waals surface area contributed by atoms with Gasteiger partial charge in [0.1, 0.15) is 17.5 Å². The molecule has 0 unspecified atom stereocenters. The maximum absolute atomic E-state index is 12.5. The van der Waals surface area contributed by atoms with Crippen molar-refractivity contribution in [3.05, 3.63) is 77.1 Å². The summed E-state index contributed by atoms with van der Waals surface area (Å²) in [5.41, 5.74) is 2.00. The van der Waals surface area contributed by atoms with Crippen LogP contribution in [0.25, 0.3) is 10.9 Å². The third kappa shape index (κ3) is 5.51. The molecule has 0 aliphatic carbocycles. The van der Waals surface area contributed by atoms with Crippen molar-refractivity contribution in [2.75, 3.05) is 22.5 Å². The van der Waals surface area contributed by atoms with Crippen molar-refractivity contribution >= 4 is 39.8 Å². The summed E-state index contributed by atoms with van der Waals surface area (Å²) in [4.78, 5) is 37.9. The highest BCUT2D eigenvalue weighted by Crippen LogP contribution is 2.19. The topological polar surface area (TPSA) is 114 Å². The highest BCUT2D eigenvalue weighted by atomic mass is 16.2. The highest BCUT2D eigenvalue weighted by Gasteiger charge is 2.08. The third-order valence-corrected chi connectivity index (χ3v) is 4.95. The Kier molecular flexibility index (Phi) is 6.58. The zero-order valence-electron chi connectivity index (χ0n) is 18.5. The molecule has 2 aromatic carbocycles. The van der Waals surface area contributed by atoms with E-state index in [0.29, 0.717) is 28.2 Å². The minimum absolute atomic E-state index is 0.152. The molecule has 4 rings (SSSR count). The third-order valence-electron chi connectivity index (χ3n) is 4.95. The number of carbonyl (C=O) groups is 1. The first kappa shape index (κ1) is 21.9. The number of carbonyl (C=O) groups excluding carboxylic acids is 1. The Morgan fingerprint density at radius 2 is 1.73 bits per heavy atom. The molecule has 0 aliphatic rings. The molecular weight excluding hydrogens is 418 g/mol. The van der Waals surface area contributed by atoms with Gasteiger partial charge in [0, 0.05) is 37.0 Å². The van der Waals surface area contributed by atoms with Crippen LogP contribution in [0.4, 0.5) is 23.0 Å². The van der Waals surface area contributed by atoms with Crippen molar-refractivity contribution in [3.63, 3.8) is 0 Å². The zero-order valence-corrected chi connectivity index (χ0v) is 18.5. The quantitative estimate of drug-likeness (QED) is 0.380. The van der Waals surface area contributed by atoms with Gasteiger partial charge in [0.25, 0.3) is 5.56 Å². The Balaban J connectivity index is 1.35. The molecule has 4 aromatic rings. The Morgan fingerprint density at radius 3 is 2.52 bits per heavy atom. The first-order valence-corrected chi connectivity index (χ1v) is 10.7. The van der Waals surface area contributed by atoms with E-state index in [9.17, 15) is 9.59 Å². The van der Waals surface area contributed by atoms with Gasteiger partial charge < -0.3 is 16.0 Å². The molecule has 0 saturated heterocycles. The average Bonchev–Trinajstić information content (AvgIpc) is 2.80. The second kappa shape index (κ2) is 9.90. The number of para-hydroxylation sites is 1. The predicted octanol–water partition coefficient (Wildman–Crippen LogP) is 3.70. The van der Waals surface area contributed by atoms with E-state index in [2.05, 4.69) is 30.9 Å². The molecule has 0 aliphatic heterocycles. The second-order valence-corrected chi connectivity index (χ2v) is 7.48.